The molecule has 0 fully saturated rings. The Morgan fingerprint density at radius 1 is 1.46 bits per heavy atom. The highest BCUT2D eigenvalue weighted by Gasteiger charge is 2.07. The summed E-state index contributed by atoms with van der Waals surface area (Å²) in [6.07, 6.45) is 0.590. The van der Waals surface area contributed by atoms with Crippen molar-refractivity contribution < 1.29 is 0 Å². The maximum absolute atomic E-state index is 8.58. The first-order chi connectivity index (χ1) is 6.13. The fourth-order valence-electron chi connectivity index (χ4n) is 0.926. The van der Waals surface area contributed by atoms with Crippen LogP contribution < -0.4 is 0 Å². The summed E-state index contributed by atoms with van der Waals surface area (Å²) in [6.45, 7) is 0. The van der Waals surface area contributed by atoms with Crippen molar-refractivity contribution in [2.24, 2.45) is 0 Å². The van der Waals surface area contributed by atoms with E-state index in [2.05, 4.69) is 22.0 Å². The lowest BCUT2D eigenvalue weighted by molar-refractivity contribution is 1.04. The second-order valence-corrected chi connectivity index (χ2v) is 4.49. The zero-order valence-electron chi connectivity index (χ0n) is 6.60. The lowest BCUT2D eigenvalue weighted by Crippen LogP contribution is -1.99. The molecule has 0 aliphatic heterocycles. The van der Waals surface area contributed by atoms with Gasteiger partial charge in [-0.1, -0.05) is 45.2 Å². The van der Waals surface area contributed by atoms with Crippen LogP contribution in [0.5, 0.6) is 0 Å². The molecular formula is C9H6BrCl2N. The summed E-state index contributed by atoms with van der Waals surface area (Å²) in [5.74, 6) is 0. The number of alkyl halides is 1. The third kappa shape index (κ3) is 3.19. The van der Waals surface area contributed by atoms with Crippen molar-refractivity contribution in [3.63, 3.8) is 0 Å². The maximum Gasteiger partial charge on any atom is 0.105 e. The molecule has 1 aromatic carbocycles. The molecule has 0 saturated heterocycles. The van der Waals surface area contributed by atoms with Gasteiger partial charge >= 0.3 is 0 Å². The number of nitriles is 1. The summed E-state index contributed by atoms with van der Waals surface area (Å²) in [7, 11) is 0. The molecule has 0 saturated carbocycles. The van der Waals surface area contributed by atoms with Crippen LogP contribution in [0.25, 0.3) is 0 Å². The topological polar surface area (TPSA) is 23.8 Å². The van der Waals surface area contributed by atoms with Crippen molar-refractivity contribution in [1.82, 2.24) is 0 Å². The van der Waals surface area contributed by atoms with Crippen LogP contribution in [0.2, 0.25) is 10.0 Å². The minimum absolute atomic E-state index is 0.203. The minimum Gasteiger partial charge on any atom is -0.197 e. The molecule has 0 amide bonds. The van der Waals surface area contributed by atoms with Gasteiger partial charge in [-0.05, 0) is 24.1 Å². The molecule has 0 radical (unpaired) electrons. The largest absolute Gasteiger partial charge is 0.197 e. The van der Waals surface area contributed by atoms with Gasteiger partial charge in [0.2, 0.25) is 0 Å². The van der Waals surface area contributed by atoms with E-state index in [9.17, 15) is 0 Å². The summed E-state index contributed by atoms with van der Waals surface area (Å²) in [6, 6.07) is 7.35. The van der Waals surface area contributed by atoms with Gasteiger partial charge in [0.1, 0.15) is 4.83 Å². The first-order valence-electron chi connectivity index (χ1n) is 3.61. The molecule has 1 aromatic rings. The van der Waals surface area contributed by atoms with E-state index in [0.717, 1.165) is 5.56 Å². The number of halogens is 3. The average molecular weight is 279 g/mol. The fraction of sp³-hybridized carbons (Fsp3) is 0.222. The van der Waals surface area contributed by atoms with Gasteiger partial charge in [0.15, 0.2) is 0 Å². The predicted molar refractivity (Wildman–Crippen MR) is 58.5 cm³/mol. The van der Waals surface area contributed by atoms with Gasteiger partial charge in [-0.25, -0.2) is 0 Å². The molecule has 13 heavy (non-hydrogen) atoms. The minimum atomic E-state index is -0.203. The van der Waals surface area contributed by atoms with Crippen molar-refractivity contribution >= 4 is 39.1 Å². The summed E-state index contributed by atoms with van der Waals surface area (Å²) in [5.41, 5.74) is 0.925. The molecule has 0 spiro atoms. The Morgan fingerprint density at radius 3 is 2.69 bits per heavy atom. The highest BCUT2D eigenvalue weighted by atomic mass is 79.9. The molecule has 1 atom stereocenters. The third-order valence-corrected chi connectivity index (χ3v) is 2.67. The predicted octanol–water partition coefficient (Wildman–Crippen LogP) is 3.82. The summed E-state index contributed by atoms with van der Waals surface area (Å²) >= 11 is 14.9. The first kappa shape index (κ1) is 10.8. The molecule has 1 rings (SSSR count). The van der Waals surface area contributed by atoms with Crippen LogP contribution in [0.15, 0.2) is 18.2 Å². The number of benzene rings is 1. The molecule has 0 aliphatic rings. The van der Waals surface area contributed by atoms with Crippen LogP contribution in [-0.2, 0) is 6.42 Å². The second-order valence-electron chi connectivity index (χ2n) is 2.54. The molecule has 1 nitrogen and oxygen atoms in total. The van der Waals surface area contributed by atoms with Crippen molar-refractivity contribution in [2.45, 2.75) is 11.2 Å². The van der Waals surface area contributed by atoms with E-state index >= 15 is 0 Å². The lowest BCUT2D eigenvalue weighted by atomic mass is 10.1. The molecule has 0 aromatic heterocycles. The Labute approximate surface area is 95.4 Å². The van der Waals surface area contributed by atoms with Gasteiger partial charge in [0, 0.05) is 10.0 Å². The van der Waals surface area contributed by atoms with E-state index in [0.29, 0.717) is 16.5 Å². The van der Waals surface area contributed by atoms with Crippen molar-refractivity contribution in [1.29, 1.82) is 5.26 Å². The molecule has 68 valence electrons. The SMILES string of the molecule is N#CC(Br)Cc1ccc(Cl)cc1Cl. The number of rotatable bonds is 2. The smallest absolute Gasteiger partial charge is 0.105 e. The Balaban J connectivity index is 2.85. The van der Waals surface area contributed by atoms with Gasteiger partial charge in [0.05, 0.1) is 6.07 Å². The van der Waals surface area contributed by atoms with E-state index < -0.39 is 0 Å². The molecule has 1 unspecified atom stereocenters. The lowest BCUT2D eigenvalue weighted by Gasteiger charge is -2.04. The van der Waals surface area contributed by atoms with Crippen LogP contribution >= 0.6 is 39.1 Å². The Bertz CT molecular complexity index is 346. The summed E-state index contributed by atoms with van der Waals surface area (Å²) in [5, 5.41) is 9.79. The van der Waals surface area contributed by atoms with Crippen LogP contribution in [0, 0.1) is 11.3 Å². The summed E-state index contributed by atoms with van der Waals surface area (Å²) in [4.78, 5) is -0.203. The fourth-order valence-corrected chi connectivity index (χ4v) is 1.76. The monoisotopic (exact) mass is 277 g/mol. The Hall–Kier alpha value is -0.230. The van der Waals surface area contributed by atoms with E-state index in [1.165, 1.54) is 0 Å². The second kappa shape index (κ2) is 4.85. The maximum atomic E-state index is 8.58. The number of hydrogen-bond donors (Lipinski definition) is 0. The Kier molecular flexibility index (Phi) is 4.05. The van der Waals surface area contributed by atoms with Gasteiger partial charge in [-0.3, -0.25) is 0 Å². The van der Waals surface area contributed by atoms with Crippen LogP contribution in [0.3, 0.4) is 0 Å². The van der Waals surface area contributed by atoms with E-state index in [4.69, 9.17) is 28.5 Å². The van der Waals surface area contributed by atoms with E-state index in [1.54, 1.807) is 12.1 Å². The molecular weight excluding hydrogens is 273 g/mol. The quantitative estimate of drug-likeness (QED) is 0.755. The molecule has 0 N–H and O–H groups in total. The van der Waals surface area contributed by atoms with Gasteiger partial charge < -0.3 is 0 Å². The standard InChI is InChI=1S/C9H6BrCl2N/c10-7(5-13)3-6-1-2-8(11)4-9(6)12/h1-2,4,7H,3H2. The molecule has 0 bridgehead atoms. The van der Waals surface area contributed by atoms with Crippen molar-refractivity contribution in [2.75, 3.05) is 0 Å². The van der Waals surface area contributed by atoms with Crippen LogP contribution in [-0.4, -0.2) is 4.83 Å². The van der Waals surface area contributed by atoms with E-state index in [1.807, 2.05) is 6.07 Å². The highest BCUT2D eigenvalue weighted by molar-refractivity contribution is 9.09. The van der Waals surface area contributed by atoms with Crippen LogP contribution in [0.4, 0.5) is 0 Å². The molecule has 0 aliphatic carbocycles. The van der Waals surface area contributed by atoms with Crippen molar-refractivity contribution in [3.8, 4) is 6.07 Å². The van der Waals surface area contributed by atoms with Crippen LogP contribution in [0.1, 0.15) is 5.56 Å². The third-order valence-electron chi connectivity index (χ3n) is 1.55. The number of hydrogen-bond acceptors (Lipinski definition) is 1. The number of nitrogens with zero attached hydrogens (tertiary/aromatic N) is 1. The van der Waals surface area contributed by atoms with Gasteiger partial charge in [-0.15, -0.1) is 0 Å². The average Bonchev–Trinajstić information content (AvgIpc) is 2.09. The zero-order valence-corrected chi connectivity index (χ0v) is 9.70. The first-order valence-corrected chi connectivity index (χ1v) is 5.28. The van der Waals surface area contributed by atoms with Gasteiger partial charge in [0.25, 0.3) is 0 Å². The normalized spacial score (nSPS) is 12.2. The highest BCUT2D eigenvalue weighted by Crippen LogP contribution is 2.23. The summed E-state index contributed by atoms with van der Waals surface area (Å²) < 4.78 is 0. The van der Waals surface area contributed by atoms with Gasteiger partial charge in [-0.2, -0.15) is 5.26 Å². The van der Waals surface area contributed by atoms with E-state index in [-0.39, 0.29) is 4.83 Å². The molecule has 4 heteroatoms. The zero-order chi connectivity index (χ0) is 9.84. The Morgan fingerprint density at radius 2 is 2.15 bits per heavy atom. The molecule has 0 heterocycles. The van der Waals surface area contributed by atoms with Crippen molar-refractivity contribution in [3.05, 3.63) is 33.8 Å².